The first kappa shape index (κ1) is 12.1. The summed E-state index contributed by atoms with van der Waals surface area (Å²) in [6.45, 7) is 0. The third-order valence-corrected chi connectivity index (χ3v) is 2.61. The van der Waals surface area contributed by atoms with E-state index in [1.54, 1.807) is 0 Å². The van der Waals surface area contributed by atoms with Gasteiger partial charge in [0.05, 0.1) is 6.10 Å². The first-order chi connectivity index (χ1) is 6.92. The predicted octanol–water partition coefficient (Wildman–Crippen LogP) is 1.40. The number of methoxy groups -OCH3 is 1. The highest BCUT2D eigenvalue weighted by atomic mass is 32.2. The van der Waals surface area contributed by atoms with Crippen LogP contribution in [0.4, 0.5) is 4.39 Å². The molecule has 1 unspecified atom stereocenters. The summed E-state index contributed by atoms with van der Waals surface area (Å²) in [5.41, 5.74) is 0.497. The van der Waals surface area contributed by atoms with Crippen LogP contribution in [0.5, 0.6) is 0 Å². The van der Waals surface area contributed by atoms with Crippen molar-refractivity contribution < 1.29 is 22.1 Å². The maximum absolute atomic E-state index is 12.6. The van der Waals surface area contributed by atoms with E-state index in [4.69, 9.17) is 9.29 Å². The Morgan fingerprint density at radius 1 is 1.40 bits per heavy atom. The first-order valence-corrected chi connectivity index (χ1v) is 5.76. The molecule has 4 nitrogen and oxygen atoms in total. The molecule has 0 amide bonds. The van der Waals surface area contributed by atoms with Crippen molar-refractivity contribution in [1.29, 1.82) is 0 Å². The second-order valence-electron chi connectivity index (χ2n) is 3.02. The number of hydrogen-bond acceptors (Lipinski definition) is 3. The summed E-state index contributed by atoms with van der Waals surface area (Å²) < 4.78 is 47.4. The van der Waals surface area contributed by atoms with Gasteiger partial charge in [-0.2, -0.15) is 8.42 Å². The Morgan fingerprint density at radius 2 is 1.93 bits per heavy atom. The van der Waals surface area contributed by atoms with Gasteiger partial charge >= 0.3 is 0 Å². The summed E-state index contributed by atoms with van der Waals surface area (Å²) in [6, 6.07) is 5.22. The predicted molar refractivity (Wildman–Crippen MR) is 52.6 cm³/mol. The van der Waals surface area contributed by atoms with Crippen molar-refractivity contribution >= 4 is 10.1 Å². The van der Waals surface area contributed by atoms with Crippen LogP contribution in [-0.2, 0) is 14.9 Å². The van der Waals surface area contributed by atoms with Crippen molar-refractivity contribution in [3.8, 4) is 0 Å². The average molecular weight is 234 g/mol. The van der Waals surface area contributed by atoms with Crippen molar-refractivity contribution in [1.82, 2.24) is 0 Å². The van der Waals surface area contributed by atoms with E-state index in [0.29, 0.717) is 5.56 Å². The maximum atomic E-state index is 12.6. The van der Waals surface area contributed by atoms with Gasteiger partial charge < -0.3 is 4.74 Å². The summed E-state index contributed by atoms with van der Waals surface area (Å²) in [6.07, 6.45) is -0.791. The molecule has 0 aliphatic carbocycles. The Hall–Kier alpha value is -0.980. The van der Waals surface area contributed by atoms with E-state index in [2.05, 4.69) is 0 Å². The van der Waals surface area contributed by atoms with E-state index in [9.17, 15) is 12.8 Å². The van der Waals surface area contributed by atoms with Crippen LogP contribution in [0.25, 0.3) is 0 Å². The molecule has 6 heteroatoms. The molecule has 0 saturated heterocycles. The molecule has 0 bridgehead atoms. The number of ether oxygens (including phenoxy) is 1. The van der Waals surface area contributed by atoms with Gasteiger partial charge in [0.15, 0.2) is 0 Å². The molecule has 0 heterocycles. The van der Waals surface area contributed by atoms with Gasteiger partial charge in [-0.05, 0) is 17.7 Å². The SMILES string of the molecule is COC(CS(=O)(=O)O)c1ccc(F)cc1. The van der Waals surface area contributed by atoms with Gasteiger partial charge in [-0.1, -0.05) is 12.1 Å². The summed E-state index contributed by atoms with van der Waals surface area (Å²) in [4.78, 5) is 0. The minimum atomic E-state index is -4.11. The fraction of sp³-hybridized carbons (Fsp3) is 0.333. The molecule has 1 aromatic rings. The van der Waals surface area contributed by atoms with Gasteiger partial charge in [-0.3, -0.25) is 4.55 Å². The van der Waals surface area contributed by atoms with Crippen LogP contribution in [0.2, 0.25) is 0 Å². The third-order valence-electron chi connectivity index (χ3n) is 1.89. The largest absolute Gasteiger partial charge is 0.376 e. The standard InChI is InChI=1S/C9H11FO4S/c1-14-9(6-15(11,12)13)7-2-4-8(10)5-3-7/h2-5,9H,6H2,1H3,(H,11,12,13). The lowest BCUT2D eigenvalue weighted by atomic mass is 10.1. The molecule has 84 valence electrons. The van der Waals surface area contributed by atoms with E-state index in [1.807, 2.05) is 0 Å². The minimum Gasteiger partial charge on any atom is -0.376 e. The summed E-state index contributed by atoms with van der Waals surface area (Å²) >= 11 is 0. The zero-order valence-electron chi connectivity index (χ0n) is 8.05. The third kappa shape index (κ3) is 3.94. The summed E-state index contributed by atoms with van der Waals surface area (Å²) in [5, 5.41) is 0. The van der Waals surface area contributed by atoms with Gasteiger partial charge in [-0.25, -0.2) is 4.39 Å². The zero-order chi connectivity index (χ0) is 11.5. The molecular formula is C9H11FO4S. The Morgan fingerprint density at radius 3 is 2.33 bits per heavy atom. The zero-order valence-corrected chi connectivity index (χ0v) is 8.87. The second-order valence-corrected chi connectivity index (χ2v) is 4.52. The lowest BCUT2D eigenvalue weighted by Crippen LogP contribution is -2.15. The molecule has 1 N–H and O–H groups in total. The molecule has 1 rings (SSSR count). The molecule has 0 aromatic heterocycles. The van der Waals surface area contributed by atoms with Crippen LogP contribution in [0, 0.1) is 5.82 Å². The Bertz CT molecular complexity index is 412. The minimum absolute atomic E-state index is 0.416. The molecular weight excluding hydrogens is 223 g/mol. The summed E-state index contributed by atoms with van der Waals surface area (Å²) in [5.74, 6) is -0.963. The van der Waals surface area contributed by atoms with Crippen LogP contribution >= 0.6 is 0 Å². The van der Waals surface area contributed by atoms with Crippen molar-refractivity contribution in [2.45, 2.75) is 6.10 Å². The fourth-order valence-electron chi connectivity index (χ4n) is 1.17. The topological polar surface area (TPSA) is 63.6 Å². The highest BCUT2D eigenvalue weighted by Gasteiger charge is 2.18. The van der Waals surface area contributed by atoms with Crippen LogP contribution in [0.1, 0.15) is 11.7 Å². The molecule has 0 spiro atoms. The van der Waals surface area contributed by atoms with Crippen LogP contribution in [0.3, 0.4) is 0 Å². The van der Waals surface area contributed by atoms with Gasteiger partial charge in [0.1, 0.15) is 11.6 Å². The van der Waals surface area contributed by atoms with Gasteiger partial charge in [0, 0.05) is 7.11 Å². The van der Waals surface area contributed by atoms with Crippen LogP contribution in [0.15, 0.2) is 24.3 Å². The molecule has 15 heavy (non-hydrogen) atoms. The number of hydrogen-bond donors (Lipinski definition) is 1. The Balaban J connectivity index is 2.88. The van der Waals surface area contributed by atoms with Crippen molar-refractivity contribution in [3.05, 3.63) is 35.6 Å². The van der Waals surface area contributed by atoms with E-state index < -0.39 is 27.8 Å². The highest BCUT2D eigenvalue weighted by molar-refractivity contribution is 7.85. The molecule has 0 aliphatic rings. The number of benzene rings is 1. The van der Waals surface area contributed by atoms with E-state index in [1.165, 1.54) is 31.4 Å². The average Bonchev–Trinajstić information content (AvgIpc) is 2.14. The van der Waals surface area contributed by atoms with E-state index in [-0.39, 0.29) is 0 Å². The van der Waals surface area contributed by atoms with Crippen molar-refractivity contribution in [2.75, 3.05) is 12.9 Å². The molecule has 0 fully saturated rings. The van der Waals surface area contributed by atoms with Crippen molar-refractivity contribution in [3.63, 3.8) is 0 Å². The lowest BCUT2D eigenvalue weighted by Gasteiger charge is -2.13. The van der Waals surface area contributed by atoms with Gasteiger partial charge in [-0.15, -0.1) is 0 Å². The quantitative estimate of drug-likeness (QED) is 0.800. The smallest absolute Gasteiger partial charge is 0.267 e. The Kier molecular flexibility index (Phi) is 3.78. The molecule has 0 aliphatic heterocycles. The number of rotatable bonds is 4. The van der Waals surface area contributed by atoms with Gasteiger partial charge in [0.2, 0.25) is 0 Å². The van der Waals surface area contributed by atoms with E-state index >= 15 is 0 Å². The maximum Gasteiger partial charge on any atom is 0.267 e. The van der Waals surface area contributed by atoms with Crippen LogP contribution in [-0.4, -0.2) is 25.8 Å². The van der Waals surface area contributed by atoms with Crippen molar-refractivity contribution in [2.24, 2.45) is 0 Å². The molecule has 1 aromatic carbocycles. The molecule has 1 atom stereocenters. The van der Waals surface area contributed by atoms with E-state index in [0.717, 1.165) is 0 Å². The Labute approximate surface area is 87.4 Å². The highest BCUT2D eigenvalue weighted by Crippen LogP contribution is 2.18. The fourth-order valence-corrected chi connectivity index (χ4v) is 1.88. The monoisotopic (exact) mass is 234 g/mol. The molecule has 0 radical (unpaired) electrons. The lowest BCUT2D eigenvalue weighted by molar-refractivity contribution is 0.120. The first-order valence-electron chi connectivity index (χ1n) is 4.16. The van der Waals surface area contributed by atoms with Crippen LogP contribution < -0.4 is 0 Å². The molecule has 0 saturated carbocycles. The number of halogens is 1. The normalized spacial score (nSPS) is 13.8. The van der Waals surface area contributed by atoms with Gasteiger partial charge in [0.25, 0.3) is 10.1 Å². The summed E-state index contributed by atoms with van der Waals surface area (Å²) in [7, 11) is -2.79. The second kappa shape index (κ2) is 4.69.